The van der Waals surface area contributed by atoms with E-state index in [9.17, 15) is 63.3 Å². The Balaban J connectivity index is 0.000000619. The van der Waals surface area contributed by atoms with E-state index in [0.29, 0.717) is 63.2 Å². The fourth-order valence-corrected chi connectivity index (χ4v) is 12.3. The molecule has 6 rings (SSSR count). The number of unbranched alkanes of at least 4 members (excludes halogenated alkanes) is 1. The minimum Gasteiger partial charge on any atom is -0.480 e. The lowest BCUT2D eigenvalue weighted by molar-refractivity contribution is -0.140. The third-order valence-corrected chi connectivity index (χ3v) is 17.5. The van der Waals surface area contributed by atoms with Gasteiger partial charge in [-0.2, -0.15) is 0 Å². The van der Waals surface area contributed by atoms with Crippen LogP contribution in [0.5, 0.6) is 0 Å². The number of carboxylic acid groups (broad SMARTS) is 3. The molecule has 92 heavy (non-hydrogen) atoms. The van der Waals surface area contributed by atoms with E-state index in [1.54, 1.807) is 75.5 Å². The van der Waals surface area contributed by atoms with E-state index in [-0.39, 0.29) is 63.4 Å². The number of nitrogens with two attached hydrogens (primary N) is 2. The molecule has 1 aromatic heterocycles. The number of H-pyrrole nitrogens is 1. The summed E-state index contributed by atoms with van der Waals surface area (Å²) in [6, 6.07) is 14.6. The number of aromatic amines is 1. The topological polar surface area (TPSA) is 454 Å². The number of para-hydroxylation sites is 1. The number of fused-ring (bicyclic) bond motifs is 1. The number of nitrogens with zero attached hydrogens (tertiary/aromatic N) is 3. The number of aliphatic hydroxyl groups excluding tert-OH is 3. The molecule has 0 spiro atoms. The quantitative estimate of drug-likeness (QED) is 0.0266. The van der Waals surface area contributed by atoms with Gasteiger partial charge in [0.15, 0.2) is 0 Å². The highest BCUT2D eigenvalue weighted by Crippen LogP contribution is 2.25. The van der Waals surface area contributed by atoms with Crippen LogP contribution >= 0.6 is 21.6 Å². The number of rotatable bonds is 23. The van der Waals surface area contributed by atoms with E-state index in [1.807, 2.05) is 30.3 Å². The van der Waals surface area contributed by atoms with Gasteiger partial charge in [-0.3, -0.25) is 62.6 Å². The van der Waals surface area contributed by atoms with Crippen molar-refractivity contribution in [1.82, 2.24) is 56.9 Å². The molecule has 4 aromatic rings. The van der Waals surface area contributed by atoms with Crippen LogP contribution in [0.2, 0.25) is 0 Å². The van der Waals surface area contributed by atoms with E-state index in [1.165, 1.54) is 13.8 Å². The number of hydrogen-bond acceptors (Lipinski definition) is 20. The summed E-state index contributed by atoms with van der Waals surface area (Å²) in [5, 5.41) is 77.1. The molecule has 0 aliphatic carbocycles. The van der Waals surface area contributed by atoms with E-state index >= 15 is 0 Å². The summed E-state index contributed by atoms with van der Waals surface area (Å²) < 4.78 is 0. The van der Waals surface area contributed by atoms with Crippen LogP contribution in [0.4, 0.5) is 0 Å². The SMILES string of the molecule is CC(O)[C@@H]1NC(=O)[C@H](CCCCN)NC(=O)[C@@H](Cc2c[nH]c3ccccc23)NC(=O)[C@H](Cc2ccccc2)NC(=O)[C@@H](NC(=O)[C@H](N)Cc2ccccc2)CSSC[C@@H](C(=O)N[C@H](CO)[C@@H](C)O)NC1=O.O=C(O)CN1CCN(CC(=O)O)CCN(CC(=O)O)CC1. The standard InChI is InChI=1S/C49H66N10O10S2.C12H21N3O6/c1-28(61)39(25-60)56-48(68)41-27-71-70-26-40(57-43(63)34(51)21-30-13-5-3-6-14-30)47(67)54-37(22-31-15-7-4-8-16-31)45(65)55-38(23-32-24-52-35-18-10-9-17-33(32)35)46(66)53-36(19-11-12-20-50)44(64)59-42(29(2)62)49(69)58-41;16-10(17)7-13-1-2-14(8-11(18)19)5-6-15(4-3-13)9-12(20)21/h3-10,13-18,24,28-29,34,36-42,52,60-62H,11-12,19-23,25-27,50-51H2,1-2H3,(H,53,66)(H,54,67)(H,55,65)(H,56,68)(H,57,63)(H,58,69)(H,59,64);1-9H2,(H,16,17)(H,18,19)(H,20,21)/t28-,29?,34-,36+,37+,38-,39-,40+,41+,42+;/m1./s1. The summed E-state index contributed by atoms with van der Waals surface area (Å²) in [5.41, 5.74) is 15.0. The monoisotopic (exact) mass is 1320 g/mol. The van der Waals surface area contributed by atoms with Gasteiger partial charge in [-0.05, 0) is 68.8 Å². The van der Waals surface area contributed by atoms with Gasteiger partial charge in [-0.15, -0.1) is 0 Å². The zero-order valence-electron chi connectivity index (χ0n) is 51.4. The molecule has 2 aliphatic rings. The highest BCUT2D eigenvalue weighted by molar-refractivity contribution is 8.76. The average Bonchev–Trinajstić information content (AvgIpc) is 1.84. The maximum atomic E-state index is 14.7. The molecule has 31 heteroatoms. The number of carboxylic acids is 3. The van der Waals surface area contributed by atoms with Gasteiger partial charge >= 0.3 is 17.9 Å². The largest absolute Gasteiger partial charge is 0.480 e. The summed E-state index contributed by atoms with van der Waals surface area (Å²) >= 11 is 0. The maximum absolute atomic E-state index is 14.7. The van der Waals surface area contributed by atoms with Gasteiger partial charge in [0.2, 0.25) is 41.4 Å². The molecular weight excluding hydrogens is 1230 g/mol. The van der Waals surface area contributed by atoms with Gasteiger partial charge in [0.25, 0.3) is 0 Å². The van der Waals surface area contributed by atoms with Crippen LogP contribution in [-0.4, -0.2) is 254 Å². The van der Waals surface area contributed by atoms with Crippen LogP contribution in [-0.2, 0) is 67.2 Å². The van der Waals surface area contributed by atoms with Gasteiger partial charge in [-0.1, -0.05) is 100 Å². The number of carbonyl (C=O) groups excluding carboxylic acids is 7. The second-order valence-corrected chi connectivity index (χ2v) is 25.0. The molecule has 2 aliphatic heterocycles. The van der Waals surface area contributed by atoms with Crippen LogP contribution in [0.3, 0.4) is 0 Å². The molecule has 10 atom stereocenters. The van der Waals surface area contributed by atoms with Crippen LogP contribution in [0, 0.1) is 0 Å². The fraction of sp³-hybridized carbons (Fsp3) is 0.508. The smallest absolute Gasteiger partial charge is 0.317 e. The third-order valence-electron chi connectivity index (χ3n) is 15.1. The minimum atomic E-state index is -1.66. The second kappa shape index (κ2) is 39.0. The van der Waals surface area contributed by atoms with Crippen molar-refractivity contribution in [3.63, 3.8) is 0 Å². The third kappa shape index (κ3) is 25.8. The highest BCUT2D eigenvalue weighted by atomic mass is 33.1. The number of aromatic nitrogens is 1. The number of hydrogen-bond donors (Lipinski definition) is 16. The Hall–Kier alpha value is -7.72. The van der Waals surface area contributed by atoms with E-state index in [2.05, 4.69) is 42.2 Å². The lowest BCUT2D eigenvalue weighted by Crippen LogP contribution is -2.62. The average molecular weight is 1320 g/mol. The van der Waals surface area contributed by atoms with Crippen molar-refractivity contribution in [3.05, 3.63) is 108 Å². The molecule has 0 bridgehead atoms. The lowest BCUT2D eigenvalue weighted by atomic mass is 10.0. The van der Waals surface area contributed by atoms with Gasteiger partial charge in [-0.25, -0.2) is 0 Å². The Labute approximate surface area is 540 Å². The van der Waals surface area contributed by atoms with Crippen molar-refractivity contribution < 1.29 is 78.6 Å². The number of benzene rings is 3. The van der Waals surface area contributed by atoms with Gasteiger partial charge in [0.1, 0.15) is 36.3 Å². The number of aliphatic hydroxyl groups is 3. The first-order valence-electron chi connectivity index (χ1n) is 30.2. The fourth-order valence-electron chi connectivity index (χ4n) is 9.96. The van der Waals surface area contributed by atoms with E-state index in [0.717, 1.165) is 38.1 Å². The zero-order valence-corrected chi connectivity index (χ0v) is 53.1. The van der Waals surface area contributed by atoms with Crippen LogP contribution in [0.25, 0.3) is 10.9 Å². The molecule has 18 N–H and O–H groups in total. The molecule has 504 valence electrons. The molecule has 3 aromatic carbocycles. The van der Waals surface area contributed by atoms with E-state index in [4.69, 9.17) is 26.8 Å². The summed E-state index contributed by atoms with van der Waals surface area (Å²) in [6.07, 6.45) is -0.156. The molecule has 2 fully saturated rings. The van der Waals surface area contributed by atoms with Gasteiger partial charge in [0.05, 0.1) is 50.5 Å². The second-order valence-electron chi connectivity index (χ2n) is 22.5. The Morgan fingerprint density at radius 3 is 1.65 bits per heavy atom. The van der Waals surface area contributed by atoms with Crippen molar-refractivity contribution in [3.8, 4) is 0 Å². The Morgan fingerprint density at radius 2 is 1.12 bits per heavy atom. The molecule has 7 amide bonds. The first-order chi connectivity index (χ1) is 43.9. The summed E-state index contributed by atoms with van der Waals surface area (Å²) in [6.45, 7) is 4.48. The van der Waals surface area contributed by atoms with E-state index < -0.39 is 126 Å². The predicted molar refractivity (Wildman–Crippen MR) is 344 cm³/mol. The number of amides is 7. The molecule has 0 radical (unpaired) electrons. The Morgan fingerprint density at radius 1 is 0.620 bits per heavy atom. The molecule has 2 saturated heterocycles. The van der Waals surface area contributed by atoms with Crippen LogP contribution in [0.15, 0.2) is 91.1 Å². The summed E-state index contributed by atoms with van der Waals surface area (Å²) in [5.74, 6) is -8.87. The lowest BCUT2D eigenvalue weighted by Gasteiger charge is -2.29. The molecule has 29 nitrogen and oxygen atoms in total. The first kappa shape index (κ1) is 75.0. The molecule has 0 saturated carbocycles. The maximum Gasteiger partial charge on any atom is 0.317 e. The van der Waals surface area contributed by atoms with Crippen molar-refractivity contribution in [2.45, 2.75) is 113 Å². The molecular formula is C61H87N13O16S2. The highest BCUT2D eigenvalue weighted by Gasteiger charge is 2.37. The van der Waals surface area contributed by atoms with Crippen molar-refractivity contribution in [2.75, 3.05) is 83.6 Å². The van der Waals surface area contributed by atoms with Crippen LogP contribution < -0.4 is 48.7 Å². The van der Waals surface area contributed by atoms with Crippen molar-refractivity contribution >= 4 is 91.7 Å². The van der Waals surface area contributed by atoms with Gasteiger partial charge in [0, 0.05) is 80.7 Å². The normalized spacial score (nSPS) is 22.1. The number of nitrogens with one attached hydrogen (secondary N) is 8. The molecule has 1 unspecified atom stereocenters. The predicted octanol–water partition coefficient (Wildman–Crippen LogP) is -2.65. The molecule has 3 heterocycles. The Bertz CT molecular complexity index is 2990. The Kier molecular flexibility index (Phi) is 31.8. The summed E-state index contributed by atoms with van der Waals surface area (Å²) in [7, 11) is 2.06. The minimum absolute atomic E-state index is 0.0340. The van der Waals surface area contributed by atoms with Crippen molar-refractivity contribution in [1.29, 1.82) is 0 Å². The van der Waals surface area contributed by atoms with Crippen molar-refractivity contribution in [2.24, 2.45) is 11.5 Å². The van der Waals surface area contributed by atoms with Crippen LogP contribution in [0.1, 0.15) is 49.8 Å². The first-order valence-corrected chi connectivity index (χ1v) is 32.7. The zero-order chi connectivity index (χ0) is 67.3. The van der Waals surface area contributed by atoms with Gasteiger partial charge < -0.3 is 84.3 Å². The number of carbonyl (C=O) groups is 10. The summed E-state index contributed by atoms with van der Waals surface area (Å²) in [4.78, 5) is 140. The number of aliphatic carboxylic acids is 3.